The number of fused-ring (bicyclic) bond motifs is 1. The zero-order valence-electron chi connectivity index (χ0n) is 12.4. The van der Waals surface area contributed by atoms with E-state index in [2.05, 4.69) is 15.3 Å². The van der Waals surface area contributed by atoms with Crippen molar-refractivity contribution in [3.05, 3.63) is 54.4 Å². The molecule has 0 bridgehead atoms. The van der Waals surface area contributed by atoms with Crippen LogP contribution in [-0.2, 0) is 0 Å². The van der Waals surface area contributed by atoms with Crippen LogP contribution >= 0.6 is 11.6 Å². The molecule has 0 amide bonds. The third-order valence-electron chi connectivity index (χ3n) is 3.41. The summed E-state index contributed by atoms with van der Waals surface area (Å²) in [6, 6.07) is 12.8. The number of methoxy groups -OCH3 is 1. The number of carbonyl (C=O) groups excluding carboxylic acids is 1. The lowest BCUT2D eigenvalue weighted by Crippen LogP contribution is -2.02. The summed E-state index contributed by atoms with van der Waals surface area (Å²) in [5.74, 6) is 1.17. The number of hydrogen-bond donors (Lipinski definition) is 1. The Bertz CT molecular complexity index is 867. The Morgan fingerprint density at radius 3 is 2.87 bits per heavy atom. The molecule has 0 aliphatic rings. The van der Waals surface area contributed by atoms with Crippen LogP contribution in [0.15, 0.2) is 48.8 Å². The van der Waals surface area contributed by atoms with Crippen LogP contribution in [0.25, 0.3) is 10.9 Å². The summed E-state index contributed by atoms with van der Waals surface area (Å²) in [4.78, 5) is 20.3. The van der Waals surface area contributed by atoms with Crippen molar-refractivity contribution in [2.75, 3.05) is 18.3 Å². The molecule has 5 nitrogen and oxygen atoms in total. The second-order valence-electron chi connectivity index (χ2n) is 4.87. The maximum Gasteiger partial charge on any atom is 0.177 e. The first-order chi connectivity index (χ1) is 11.2. The third kappa shape index (κ3) is 3.24. The number of anilines is 2. The lowest BCUT2D eigenvalue weighted by molar-refractivity contribution is 0.102. The third-order valence-corrected chi connectivity index (χ3v) is 3.65. The predicted octanol–water partition coefficient (Wildman–Crippen LogP) is 3.80. The summed E-state index contributed by atoms with van der Waals surface area (Å²) >= 11 is 5.63. The number of nitrogens with zero attached hydrogens (tertiary/aromatic N) is 2. The van der Waals surface area contributed by atoms with E-state index in [-0.39, 0.29) is 11.7 Å². The summed E-state index contributed by atoms with van der Waals surface area (Å²) in [5.41, 5.74) is 2.12. The number of ketones is 1. The van der Waals surface area contributed by atoms with Crippen LogP contribution in [0.5, 0.6) is 5.75 Å². The maximum atomic E-state index is 11.8. The Hall–Kier alpha value is -2.66. The van der Waals surface area contributed by atoms with Crippen LogP contribution in [0.3, 0.4) is 0 Å². The molecule has 0 spiro atoms. The summed E-state index contributed by atoms with van der Waals surface area (Å²) in [7, 11) is 1.61. The fraction of sp³-hybridized carbons (Fsp3) is 0.118. The molecule has 6 heteroatoms. The number of aromatic nitrogens is 2. The molecule has 3 aromatic rings. The molecule has 3 rings (SSSR count). The molecule has 0 atom stereocenters. The van der Waals surface area contributed by atoms with Gasteiger partial charge in [0.25, 0.3) is 0 Å². The highest BCUT2D eigenvalue weighted by atomic mass is 35.5. The first kappa shape index (κ1) is 15.2. The standard InChI is InChI=1S/C17H14ClN3O2/c1-23-13-4-2-3-12(8-13)21-17-14-7-11(16(22)9-18)5-6-15(14)19-10-20-17/h2-8,10H,9H2,1H3,(H,19,20,21). The summed E-state index contributed by atoms with van der Waals surface area (Å²) in [5, 5.41) is 3.99. The first-order valence-corrected chi connectivity index (χ1v) is 7.49. The van der Waals surface area contributed by atoms with Crippen molar-refractivity contribution in [2.45, 2.75) is 0 Å². The van der Waals surface area contributed by atoms with E-state index in [1.54, 1.807) is 25.3 Å². The molecule has 1 heterocycles. The van der Waals surface area contributed by atoms with Gasteiger partial charge in [0.2, 0.25) is 0 Å². The molecule has 0 aliphatic carbocycles. The summed E-state index contributed by atoms with van der Waals surface area (Å²) in [6.07, 6.45) is 1.48. The van der Waals surface area contributed by atoms with E-state index in [1.165, 1.54) is 6.33 Å². The Balaban J connectivity index is 2.03. The second-order valence-corrected chi connectivity index (χ2v) is 5.14. The van der Waals surface area contributed by atoms with Crippen LogP contribution in [-0.4, -0.2) is 28.7 Å². The van der Waals surface area contributed by atoms with Crippen molar-refractivity contribution in [3.8, 4) is 5.75 Å². The average molecular weight is 328 g/mol. The molecule has 1 aromatic heterocycles. The van der Waals surface area contributed by atoms with E-state index in [4.69, 9.17) is 16.3 Å². The minimum Gasteiger partial charge on any atom is -0.497 e. The Kier molecular flexibility index (Phi) is 4.39. The molecule has 0 fully saturated rings. The lowest BCUT2D eigenvalue weighted by Gasteiger charge is -2.10. The molecule has 0 saturated heterocycles. The molecule has 116 valence electrons. The topological polar surface area (TPSA) is 64.1 Å². The number of halogens is 1. The lowest BCUT2D eigenvalue weighted by atomic mass is 10.1. The van der Waals surface area contributed by atoms with Crippen LogP contribution < -0.4 is 10.1 Å². The average Bonchev–Trinajstić information content (AvgIpc) is 2.61. The number of benzene rings is 2. The van der Waals surface area contributed by atoms with Gasteiger partial charge in [-0.25, -0.2) is 9.97 Å². The fourth-order valence-corrected chi connectivity index (χ4v) is 2.40. The molecule has 0 aliphatic heterocycles. The largest absolute Gasteiger partial charge is 0.497 e. The molecule has 0 saturated carbocycles. The normalized spacial score (nSPS) is 10.5. The van der Waals surface area contributed by atoms with Crippen molar-refractivity contribution in [3.63, 3.8) is 0 Å². The Morgan fingerprint density at radius 1 is 1.22 bits per heavy atom. The predicted molar refractivity (Wildman–Crippen MR) is 90.9 cm³/mol. The smallest absolute Gasteiger partial charge is 0.177 e. The first-order valence-electron chi connectivity index (χ1n) is 6.96. The van der Waals surface area contributed by atoms with E-state index in [0.717, 1.165) is 22.3 Å². The van der Waals surface area contributed by atoms with Gasteiger partial charge in [-0.1, -0.05) is 6.07 Å². The number of alkyl halides is 1. The van der Waals surface area contributed by atoms with Gasteiger partial charge in [-0.05, 0) is 30.3 Å². The zero-order chi connectivity index (χ0) is 16.2. The van der Waals surface area contributed by atoms with Crippen molar-refractivity contribution in [1.82, 2.24) is 9.97 Å². The van der Waals surface area contributed by atoms with Gasteiger partial charge in [0.05, 0.1) is 18.5 Å². The number of ether oxygens (including phenoxy) is 1. The second kappa shape index (κ2) is 6.62. The van der Waals surface area contributed by atoms with Crippen molar-refractivity contribution < 1.29 is 9.53 Å². The molecule has 0 radical (unpaired) electrons. The van der Waals surface area contributed by atoms with E-state index in [0.29, 0.717) is 11.4 Å². The Labute approximate surface area is 138 Å². The van der Waals surface area contributed by atoms with Crippen molar-refractivity contribution >= 4 is 39.8 Å². The molecular weight excluding hydrogens is 314 g/mol. The minimum atomic E-state index is -0.134. The van der Waals surface area contributed by atoms with E-state index in [9.17, 15) is 4.79 Å². The highest BCUT2D eigenvalue weighted by Gasteiger charge is 2.09. The van der Waals surface area contributed by atoms with Gasteiger partial charge in [-0.3, -0.25) is 4.79 Å². The molecular formula is C17H14ClN3O2. The van der Waals surface area contributed by atoms with Gasteiger partial charge in [0, 0.05) is 22.7 Å². The molecule has 23 heavy (non-hydrogen) atoms. The molecule has 0 unspecified atom stereocenters. The maximum absolute atomic E-state index is 11.8. The zero-order valence-corrected chi connectivity index (χ0v) is 13.2. The number of rotatable bonds is 5. The highest BCUT2D eigenvalue weighted by molar-refractivity contribution is 6.30. The monoisotopic (exact) mass is 327 g/mol. The number of hydrogen-bond acceptors (Lipinski definition) is 5. The van der Waals surface area contributed by atoms with Crippen LogP contribution in [0.4, 0.5) is 11.5 Å². The number of Topliss-reactive ketones (excluding diaryl/α,β-unsaturated/α-hetero) is 1. The fourth-order valence-electron chi connectivity index (χ4n) is 2.24. The van der Waals surface area contributed by atoms with Gasteiger partial charge in [0.15, 0.2) is 5.78 Å². The summed E-state index contributed by atoms with van der Waals surface area (Å²) < 4.78 is 5.21. The summed E-state index contributed by atoms with van der Waals surface area (Å²) in [6.45, 7) is 0. The quantitative estimate of drug-likeness (QED) is 0.570. The number of nitrogens with one attached hydrogen (secondary N) is 1. The van der Waals surface area contributed by atoms with Crippen LogP contribution in [0.1, 0.15) is 10.4 Å². The van der Waals surface area contributed by atoms with E-state index < -0.39 is 0 Å². The van der Waals surface area contributed by atoms with Gasteiger partial charge in [0.1, 0.15) is 17.9 Å². The highest BCUT2D eigenvalue weighted by Crippen LogP contribution is 2.26. The van der Waals surface area contributed by atoms with Gasteiger partial charge >= 0.3 is 0 Å². The van der Waals surface area contributed by atoms with E-state index in [1.807, 2.05) is 24.3 Å². The van der Waals surface area contributed by atoms with Crippen LogP contribution in [0, 0.1) is 0 Å². The van der Waals surface area contributed by atoms with Gasteiger partial charge < -0.3 is 10.1 Å². The van der Waals surface area contributed by atoms with Crippen LogP contribution in [0.2, 0.25) is 0 Å². The minimum absolute atomic E-state index is 0.0577. The number of carbonyl (C=O) groups is 1. The molecule has 2 aromatic carbocycles. The van der Waals surface area contributed by atoms with Crippen molar-refractivity contribution in [1.29, 1.82) is 0 Å². The Morgan fingerprint density at radius 2 is 2.09 bits per heavy atom. The SMILES string of the molecule is COc1cccc(Nc2ncnc3ccc(C(=O)CCl)cc23)c1. The van der Waals surface area contributed by atoms with Crippen molar-refractivity contribution in [2.24, 2.45) is 0 Å². The molecule has 1 N–H and O–H groups in total. The van der Waals surface area contributed by atoms with E-state index >= 15 is 0 Å². The van der Waals surface area contributed by atoms with Gasteiger partial charge in [-0.2, -0.15) is 0 Å². The van der Waals surface area contributed by atoms with Gasteiger partial charge in [-0.15, -0.1) is 11.6 Å².